The summed E-state index contributed by atoms with van der Waals surface area (Å²) in [6.45, 7) is 4.70. The van der Waals surface area contributed by atoms with E-state index in [1.54, 1.807) is 6.07 Å². The van der Waals surface area contributed by atoms with E-state index in [9.17, 15) is 4.39 Å². The van der Waals surface area contributed by atoms with E-state index >= 15 is 0 Å². The zero-order valence-corrected chi connectivity index (χ0v) is 11.3. The maximum absolute atomic E-state index is 13.1. The summed E-state index contributed by atoms with van der Waals surface area (Å²) in [5.74, 6) is -0.362. The van der Waals surface area contributed by atoms with E-state index < -0.39 is 0 Å². The molecule has 0 aliphatic rings. The zero-order valence-electron chi connectivity index (χ0n) is 11.3. The van der Waals surface area contributed by atoms with Crippen LogP contribution in [-0.4, -0.2) is 38.6 Å². The van der Waals surface area contributed by atoms with Crippen molar-refractivity contribution in [3.05, 3.63) is 29.6 Å². The molecular weight excluding hydrogens is 229 g/mol. The average molecular weight is 249 g/mol. The number of hydrogen-bond acceptors (Lipinski definition) is 3. The van der Waals surface area contributed by atoms with Gasteiger partial charge in [-0.15, -0.1) is 0 Å². The van der Waals surface area contributed by atoms with Gasteiger partial charge in [0.1, 0.15) is 11.9 Å². The molecule has 0 saturated carbocycles. The van der Waals surface area contributed by atoms with Gasteiger partial charge in [0, 0.05) is 19.6 Å². The minimum Gasteiger partial charge on any atom is -0.369 e. The molecule has 0 aromatic heterocycles. The number of benzene rings is 1. The van der Waals surface area contributed by atoms with E-state index in [0.29, 0.717) is 5.56 Å². The summed E-state index contributed by atoms with van der Waals surface area (Å²) in [5.41, 5.74) is 1.23. The third kappa shape index (κ3) is 4.01. The number of nitriles is 1. The van der Waals surface area contributed by atoms with Crippen molar-refractivity contribution in [1.29, 1.82) is 5.26 Å². The second kappa shape index (κ2) is 6.97. The van der Waals surface area contributed by atoms with Crippen molar-refractivity contribution in [3.63, 3.8) is 0 Å². The van der Waals surface area contributed by atoms with Gasteiger partial charge in [0.15, 0.2) is 0 Å². The van der Waals surface area contributed by atoms with Gasteiger partial charge in [-0.1, -0.05) is 6.92 Å². The number of nitrogens with zero attached hydrogens (tertiary/aromatic N) is 3. The van der Waals surface area contributed by atoms with Gasteiger partial charge < -0.3 is 9.80 Å². The third-order valence-corrected chi connectivity index (χ3v) is 2.73. The molecule has 1 aromatic rings. The summed E-state index contributed by atoms with van der Waals surface area (Å²) >= 11 is 0. The molecule has 0 saturated heterocycles. The number of likely N-dealkylation sites (N-methyl/N-ethyl adjacent to an activating group) is 1. The van der Waals surface area contributed by atoms with Crippen molar-refractivity contribution in [1.82, 2.24) is 4.90 Å². The Labute approximate surface area is 108 Å². The quantitative estimate of drug-likeness (QED) is 0.776. The summed E-state index contributed by atoms with van der Waals surface area (Å²) in [7, 11) is 4.03. The summed E-state index contributed by atoms with van der Waals surface area (Å²) in [5, 5.41) is 9.08. The minimum absolute atomic E-state index is 0.362. The number of hydrogen-bond donors (Lipinski definition) is 0. The van der Waals surface area contributed by atoms with Crippen LogP contribution in [0, 0.1) is 17.1 Å². The highest BCUT2D eigenvalue weighted by Crippen LogP contribution is 2.21. The zero-order chi connectivity index (χ0) is 13.5. The van der Waals surface area contributed by atoms with Crippen LogP contribution in [0.2, 0.25) is 0 Å². The summed E-state index contributed by atoms with van der Waals surface area (Å²) in [6, 6.07) is 6.47. The van der Waals surface area contributed by atoms with Crippen molar-refractivity contribution in [2.24, 2.45) is 0 Å². The van der Waals surface area contributed by atoms with E-state index in [2.05, 4.69) is 22.8 Å². The normalized spacial score (nSPS) is 10.4. The standard InChI is InChI=1S/C14H20FN3/c1-4-7-18(9-8-17(2)3)14-6-5-13(15)10-12(14)11-16/h5-6,10H,4,7-9H2,1-3H3. The molecule has 0 heterocycles. The first-order valence-electron chi connectivity index (χ1n) is 6.17. The lowest BCUT2D eigenvalue weighted by Gasteiger charge is -2.26. The first-order chi connectivity index (χ1) is 8.58. The van der Waals surface area contributed by atoms with Gasteiger partial charge in [0.05, 0.1) is 11.3 Å². The van der Waals surface area contributed by atoms with Crippen molar-refractivity contribution in [2.75, 3.05) is 38.6 Å². The van der Waals surface area contributed by atoms with Gasteiger partial charge in [-0.3, -0.25) is 0 Å². The van der Waals surface area contributed by atoms with Gasteiger partial charge in [0.25, 0.3) is 0 Å². The van der Waals surface area contributed by atoms with Crippen LogP contribution in [0.3, 0.4) is 0 Å². The van der Waals surface area contributed by atoms with Crippen LogP contribution in [0.25, 0.3) is 0 Å². The first kappa shape index (κ1) is 14.5. The molecule has 0 bridgehead atoms. The van der Waals surface area contributed by atoms with Crippen molar-refractivity contribution in [3.8, 4) is 6.07 Å². The molecule has 0 spiro atoms. The predicted octanol–water partition coefficient (Wildman–Crippen LogP) is 2.48. The molecule has 98 valence electrons. The van der Waals surface area contributed by atoms with Crippen molar-refractivity contribution < 1.29 is 4.39 Å². The fraction of sp³-hybridized carbons (Fsp3) is 0.500. The van der Waals surface area contributed by atoms with Crippen molar-refractivity contribution >= 4 is 5.69 Å². The molecule has 1 aromatic carbocycles. The van der Waals surface area contributed by atoms with Crippen LogP contribution in [0.15, 0.2) is 18.2 Å². The van der Waals surface area contributed by atoms with Crippen LogP contribution >= 0.6 is 0 Å². The maximum Gasteiger partial charge on any atom is 0.124 e. The van der Waals surface area contributed by atoms with E-state index in [0.717, 1.165) is 31.7 Å². The summed E-state index contributed by atoms with van der Waals surface area (Å²) in [4.78, 5) is 4.23. The molecule has 0 aliphatic heterocycles. The molecule has 0 aliphatic carbocycles. The molecular formula is C14H20FN3. The molecule has 4 heteroatoms. The van der Waals surface area contributed by atoms with Gasteiger partial charge in [0.2, 0.25) is 0 Å². The van der Waals surface area contributed by atoms with Crippen LogP contribution in [0.5, 0.6) is 0 Å². The second-order valence-electron chi connectivity index (χ2n) is 4.56. The van der Waals surface area contributed by atoms with Crippen LogP contribution in [-0.2, 0) is 0 Å². The second-order valence-corrected chi connectivity index (χ2v) is 4.56. The Kier molecular flexibility index (Phi) is 5.60. The fourth-order valence-corrected chi connectivity index (χ4v) is 1.82. The molecule has 3 nitrogen and oxygen atoms in total. The molecule has 0 atom stereocenters. The lowest BCUT2D eigenvalue weighted by atomic mass is 10.1. The lowest BCUT2D eigenvalue weighted by molar-refractivity contribution is 0.413. The Bertz CT molecular complexity index is 424. The van der Waals surface area contributed by atoms with Gasteiger partial charge >= 0.3 is 0 Å². The highest BCUT2D eigenvalue weighted by molar-refractivity contribution is 5.59. The van der Waals surface area contributed by atoms with Crippen LogP contribution in [0.4, 0.5) is 10.1 Å². The van der Waals surface area contributed by atoms with E-state index in [1.807, 2.05) is 14.1 Å². The maximum atomic E-state index is 13.1. The number of halogens is 1. The average Bonchev–Trinajstić information content (AvgIpc) is 2.34. The molecule has 18 heavy (non-hydrogen) atoms. The third-order valence-electron chi connectivity index (χ3n) is 2.73. The Morgan fingerprint density at radius 1 is 1.22 bits per heavy atom. The highest BCUT2D eigenvalue weighted by atomic mass is 19.1. The number of anilines is 1. The van der Waals surface area contributed by atoms with Crippen molar-refractivity contribution in [2.45, 2.75) is 13.3 Å². The summed E-state index contributed by atoms with van der Waals surface area (Å²) in [6.07, 6.45) is 0.996. The largest absolute Gasteiger partial charge is 0.369 e. The summed E-state index contributed by atoms with van der Waals surface area (Å²) < 4.78 is 13.1. The Morgan fingerprint density at radius 3 is 2.50 bits per heavy atom. The van der Waals surface area contributed by atoms with Gasteiger partial charge in [-0.05, 0) is 38.7 Å². The van der Waals surface area contributed by atoms with E-state index in [-0.39, 0.29) is 5.82 Å². The molecule has 0 radical (unpaired) electrons. The molecule has 0 amide bonds. The predicted molar refractivity (Wildman–Crippen MR) is 72.2 cm³/mol. The Hall–Kier alpha value is -1.60. The lowest BCUT2D eigenvalue weighted by Crippen LogP contribution is -2.32. The van der Waals surface area contributed by atoms with Crippen LogP contribution < -0.4 is 4.90 Å². The SMILES string of the molecule is CCCN(CCN(C)C)c1ccc(F)cc1C#N. The Morgan fingerprint density at radius 2 is 1.94 bits per heavy atom. The molecule has 0 N–H and O–H groups in total. The molecule has 1 rings (SSSR count). The highest BCUT2D eigenvalue weighted by Gasteiger charge is 2.11. The first-order valence-corrected chi connectivity index (χ1v) is 6.17. The fourth-order valence-electron chi connectivity index (χ4n) is 1.82. The van der Waals surface area contributed by atoms with E-state index in [4.69, 9.17) is 5.26 Å². The topological polar surface area (TPSA) is 30.3 Å². The Balaban J connectivity index is 2.94. The molecule has 0 fully saturated rings. The smallest absolute Gasteiger partial charge is 0.124 e. The van der Waals surface area contributed by atoms with Gasteiger partial charge in [-0.25, -0.2) is 4.39 Å². The minimum atomic E-state index is -0.362. The molecule has 0 unspecified atom stereocenters. The van der Waals surface area contributed by atoms with Gasteiger partial charge in [-0.2, -0.15) is 5.26 Å². The van der Waals surface area contributed by atoms with E-state index in [1.165, 1.54) is 12.1 Å². The number of rotatable bonds is 6. The monoisotopic (exact) mass is 249 g/mol. The van der Waals surface area contributed by atoms with Crippen LogP contribution in [0.1, 0.15) is 18.9 Å².